The second-order valence-corrected chi connectivity index (χ2v) is 8.16. The van der Waals surface area contributed by atoms with E-state index in [9.17, 15) is 19.8 Å². The minimum absolute atomic E-state index is 0.0554. The predicted molar refractivity (Wildman–Crippen MR) is 108 cm³/mol. The minimum atomic E-state index is -0.841. The molecule has 4 heterocycles. The summed E-state index contributed by atoms with van der Waals surface area (Å²) in [7, 11) is 0. The van der Waals surface area contributed by atoms with Crippen LogP contribution < -0.4 is 11.3 Å². The number of aromatic nitrogens is 4. The first-order chi connectivity index (χ1) is 14.9. The summed E-state index contributed by atoms with van der Waals surface area (Å²) in [5.41, 5.74) is 8.23. The summed E-state index contributed by atoms with van der Waals surface area (Å²) >= 11 is 0. The number of carbonyl (C=O) groups is 1. The fourth-order valence-corrected chi connectivity index (χ4v) is 4.41. The summed E-state index contributed by atoms with van der Waals surface area (Å²) in [6.45, 7) is 1.61. The van der Waals surface area contributed by atoms with E-state index in [2.05, 4.69) is 9.97 Å². The largest absolute Gasteiger partial charge is 0.454 e. The lowest BCUT2D eigenvalue weighted by atomic mass is 9.92. The van der Waals surface area contributed by atoms with Crippen LogP contribution in [0.3, 0.4) is 0 Å². The number of imidazole rings is 1. The second-order valence-electron chi connectivity index (χ2n) is 8.16. The highest BCUT2D eigenvalue weighted by atomic mass is 16.6. The van der Waals surface area contributed by atoms with E-state index in [4.69, 9.17) is 15.2 Å². The predicted octanol–water partition coefficient (Wildman–Crippen LogP) is -0.222. The van der Waals surface area contributed by atoms with Gasteiger partial charge in [-0.3, -0.25) is 13.9 Å². The SMILES string of the molecule is CC1=CC2=C(Cn3c(N)nc4c(ncn4[C@H]4C[C@H](O)[C@@H](CO)O4)c3=O)C(=O)O[C@@H]2CC1. The van der Waals surface area contributed by atoms with Gasteiger partial charge in [0.1, 0.15) is 18.4 Å². The lowest BCUT2D eigenvalue weighted by Crippen LogP contribution is -2.27. The van der Waals surface area contributed by atoms with Gasteiger partial charge in [0, 0.05) is 12.0 Å². The Balaban J connectivity index is 1.53. The quantitative estimate of drug-likeness (QED) is 0.559. The molecule has 2 aromatic rings. The van der Waals surface area contributed by atoms with Crippen molar-refractivity contribution in [3.8, 4) is 0 Å². The Morgan fingerprint density at radius 1 is 1.35 bits per heavy atom. The molecule has 5 rings (SSSR count). The van der Waals surface area contributed by atoms with Crippen LogP contribution in [0.1, 0.15) is 32.4 Å². The Kier molecular flexibility index (Phi) is 4.68. The molecule has 0 unspecified atom stereocenters. The number of hydrogen-bond acceptors (Lipinski definition) is 9. The first-order valence-electron chi connectivity index (χ1n) is 10.2. The molecule has 164 valence electrons. The van der Waals surface area contributed by atoms with Gasteiger partial charge in [0.15, 0.2) is 11.2 Å². The fraction of sp³-hybridized carbons (Fsp3) is 0.500. The van der Waals surface area contributed by atoms with Gasteiger partial charge in [0.2, 0.25) is 5.95 Å². The fourth-order valence-electron chi connectivity index (χ4n) is 4.41. The molecule has 0 saturated carbocycles. The number of esters is 1. The molecule has 11 heteroatoms. The molecular weight excluding hydrogens is 406 g/mol. The first-order valence-corrected chi connectivity index (χ1v) is 10.2. The molecule has 1 saturated heterocycles. The maximum Gasteiger partial charge on any atom is 0.336 e. The molecule has 2 aromatic heterocycles. The monoisotopic (exact) mass is 429 g/mol. The number of anilines is 1. The first kappa shape index (κ1) is 19.9. The highest BCUT2D eigenvalue weighted by Gasteiger charge is 2.37. The number of nitrogens with zero attached hydrogens (tertiary/aromatic N) is 4. The molecule has 3 aliphatic rings. The van der Waals surface area contributed by atoms with E-state index < -0.39 is 30.0 Å². The van der Waals surface area contributed by atoms with Crippen molar-refractivity contribution >= 4 is 23.1 Å². The van der Waals surface area contributed by atoms with E-state index in [1.54, 1.807) is 0 Å². The van der Waals surface area contributed by atoms with Crippen LogP contribution in [0.15, 0.2) is 33.9 Å². The van der Waals surface area contributed by atoms with Crippen LogP contribution in [-0.2, 0) is 20.8 Å². The molecule has 1 fully saturated rings. The third-order valence-electron chi connectivity index (χ3n) is 6.12. The van der Waals surface area contributed by atoms with Gasteiger partial charge in [0.05, 0.1) is 31.2 Å². The van der Waals surface area contributed by atoms with E-state index in [0.717, 1.165) is 24.0 Å². The van der Waals surface area contributed by atoms with Gasteiger partial charge >= 0.3 is 5.97 Å². The lowest BCUT2D eigenvalue weighted by molar-refractivity contribution is -0.140. The van der Waals surface area contributed by atoms with Gasteiger partial charge in [-0.1, -0.05) is 11.6 Å². The Labute approximate surface area is 176 Å². The summed E-state index contributed by atoms with van der Waals surface area (Å²) in [5.74, 6) is -0.524. The zero-order chi connectivity index (χ0) is 21.9. The molecule has 31 heavy (non-hydrogen) atoms. The normalized spacial score (nSPS) is 28.2. The van der Waals surface area contributed by atoms with Crippen LogP contribution >= 0.6 is 0 Å². The summed E-state index contributed by atoms with van der Waals surface area (Å²) in [6.07, 6.45) is 2.66. The van der Waals surface area contributed by atoms with E-state index in [1.165, 1.54) is 15.5 Å². The van der Waals surface area contributed by atoms with Crippen molar-refractivity contribution in [2.24, 2.45) is 0 Å². The van der Waals surface area contributed by atoms with Gasteiger partial charge in [0.25, 0.3) is 5.56 Å². The van der Waals surface area contributed by atoms with E-state index in [1.807, 2.05) is 13.0 Å². The maximum absolute atomic E-state index is 13.1. The Morgan fingerprint density at radius 2 is 2.16 bits per heavy atom. The summed E-state index contributed by atoms with van der Waals surface area (Å²) in [4.78, 5) is 34.1. The van der Waals surface area contributed by atoms with Crippen molar-refractivity contribution in [1.29, 1.82) is 0 Å². The maximum atomic E-state index is 13.1. The van der Waals surface area contributed by atoms with Crippen LogP contribution in [0.4, 0.5) is 5.95 Å². The molecule has 0 radical (unpaired) electrons. The number of hydrogen-bond donors (Lipinski definition) is 3. The molecule has 11 nitrogen and oxygen atoms in total. The third kappa shape index (κ3) is 3.16. The third-order valence-corrected chi connectivity index (χ3v) is 6.12. The molecular formula is C20H23N5O6. The Hall–Kier alpha value is -3.02. The van der Waals surface area contributed by atoms with Gasteiger partial charge in [-0.2, -0.15) is 4.98 Å². The highest BCUT2D eigenvalue weighted by molar-refractivity contribution is 5.93. The molecule has 0 bridgehead atoms. The topological polar surface area (TPSA) is 155 Å². The number of aliphatic hydroxyl groups is 2. The van der Waals surface area contributed by atoms with Crippen LogP contribution in [0.25, 0.3) is 11.2 Å². The van der Waals surface area contributed by atoms with Gasteiger partial charge in [-0.25, -0.2) is 9.78 Å². The molecule has 2 aliphatic heterocycles. The van der Waals surface area contributed by atoms with Crippen molar-refractivity contribution in [3.05, 3.63) is 39.5 Å². The molecule has 0 aromatic carbocycles. The standard InChI is InChI=1S/C20H23N5O6/c1-9-2-3-13-10(4-9)11(19(29)31-13)6-24-18(28)16-17(23-20(24)21)25(8-22-16)15-5-12(27)14(7-26)30-15/h4,8,12-15,26-27H,2-3,5-7H2,1H3,(H2,21,23)/t12-,13+,14+,15+/m0/s1. The number of ether oxygens (including phenoxy) is 2. The van der Waals surface area contributed by atoms with Crippen molar-refractivity contribution in [2.75, 3.05) is 12.3 Å². The van der Waals surface area contributed by atoms with Crippen molar-refractivity contribution in [1.82, 2.24) is 19.1 Å². The molecule has 4 N–H and O–H groups in total. The van der Waals surface area contributed by atoms with Crippen LogP contribution in [0.5, 0.6) is 0 Å². The van der Waals surface area contributed by atoms with Crippen LogP contribution in [-0.4, -0.2) is 60.2 Å². The molecule has 4 atom stereocenters. The summed E-state index contributed by atoms with van der Waals surface area (Å²) in [6, 6.07) is 0. The number of carbonyl (C=O) groups excluding carboxylic acids is 1. The summed E-state index contributed by atoms with van der Waals surface area (Å²) in [5, 5.41) is 19.3. The highest BCUT2D eigenvalue weighted by Crippen LogP contribution is 2.34. The number of fused-ring (bicyclic) bond motifs is 2. The lowest BCUT2D eigenvalue weighted by Gasteiger charge is -2.17. The molecule has 1 aliphatic carbocycles. The van der Waals surface area contributed by atoms with Gasteiger partial charge in [-0.05, 0) is 19.8 Å². The smallest absolute Gasteiger partial charge is 0.336 e. The molecule has 0 amide bonds. The van der Waals surface area contributed by atoms with E-state index >= 15 is 0 Å². The zero-order valence-corrected chi connectivity index (χ0v) is 16.9. The number of allylic oxidation sites excluding steroid dienone is 1. The van der Waals surface area contributed by atoms with E-state index in [-0.39, 0.29) is 42.8 Å². The molecule has 0 spiro atoms. The van der Waals surface area contributed by atoms with E-state index in [0.29, 0.717) is 5.57 Å². The Morgan fingerprint density at radius 3 is 2.90 bits per heavy atom. The number of nitrogen functional groups attached to an aromatic ring is 1. The van der Waals surface area contributed by atoms with Crippen molar-refractivity contribution < 1.29 is 24.5 Å². The second kappa shape index (κ2) is 7.29. The van der Waals surface area contributed by atoms with Crippen LogP contribution in [0.2, 0.25) is 0 Å². The summed E-state index contributed by atoms with van der Waals surface area (Å²) < 4.78 is 13.8. The average molecular weight is 429 g/mol. The number of aliphatic hydroxyl groups excluding tert-OH is 2. The zero-order valence-electron chi connectivity index (χ0n) is 16.9. The number of rotatable bonds is 4. The van der Waals surface area contributed by atoms with Gasteiger partial charge in [-0.15, -0.1) is 0 Å². The minimum Gasteiger partial charge on any atom is -0.454 e. The number of nitrogens with two attached hydrogens (primary N) is 1. The van der Waals surface area contributed by atoms with Crippen molar-refractivity contribution in [3.63, 3.8) is 0 Å². The van der Waals surface area contributed by atoms with Gasteiger partial charge < -0.3 is 25.4 Å². The average Bonchev–Trinajstić information content (AvgIpc) is 3.40. The van der Waals surface area contributed by atoms with Crippen LogP contribution in [0, 0.1) is 0 Å². The van der Waals surface area contributed by atoms with Crippen molar-refractivity contribution in [2.45, 2.75) is 57.3 Å². The Bertz CT molecular complexity index is 1190.